The average molecular weight is 231 g/mol. The Bertz CT molecular complexity index is 433. The predicted octanol–water partition coefficient (Wildman–Crippen LogP) is 0.764. The summed E-state index contributed by atoms with van der Waals surface area (Å²) >= 11 is 0. The smallest absolute Gasteiger partial charge is 0.331 e. The molecule has 17 heavy (non-hydrogen) atoms. The highest BCUT2D eigenvalue weighted by atomic mass is 16.5. The maximum Gasteiger partial charge on any atom is 0.331 e. The van der Waals surface area contributed by atoms with Crippen LogP contribution in [0.4, 0.5) is 0 Å². The second kappa shape index (κ2) is 4.86. The molecular weight excluding hydrogens is 215 g/mol. The van der Waals surface area contributed by atoms with E-state index in [1.165, 1.54) is 7.48 Å². The second-order valence-corrected chi connectivity index (χ2v) is 4.89. The molecule has 0 unspecified atom stereocenters. The van der Waals surface area contributed by atoms with E-state index < -0.39 is 11.2 Å². The Morgan fingerprint density at radius 2 is 2.06 bits per heavy atom. The number of hydrogen-bond acceptors (Lipinski definition) is 4. The molecule has 1 heterocycles. The highest BCUT2D eigenvalue weighted by molar-refractivity contribution is 6.47. The molecule has 0 aliphatic carbocycles. The van der Waals surface area contributed by atoms with E-state index in [2.05, 4.69) is 4.98 Å². The van der Waals surface area contributed by atoms with Gasteiger partial charge in [-0.25, -0.2) is 4.98 Å². The van der Waals surface area contributed by atoms with Gasteiger partial charge in [-0.3, -0.25) is 0 Å². The van der Waals surface area contributed by atoms with E-state index in [-0.39, 0.29) is 0 Å². The van der Waals surface area contributed by atoms with Crippen LogP contribution in [0.2, 0.25) is 0 Å². The largest absolute Gasteiger partial charge is 0.427 e. The summed E-state index contributed by atoms with van der Waals surface area (Å²) in [5, 5.41) is 18.6. The van der Waals surface area contributed by atoms with Crippen LogP contribution in [0.5, 0.6) is 0 Å². The zero-order chi connectivity index (χ0) is 13.1. The lowest BCUT2D eigenvalue weighted by Crippen LogP contribution is -2.49. The van der Waals surface area contributed by atoms with Gasteiger partial charge in [0.2, 0.25) is 0 Å². The van der Waals surface area contributed by atoms with Crippen molar-refractivity contribution in [3.63, 3.8) is 0 Å². The summed E-state index contributed by atoms with van der Waals surface area (Å²) in [7, 11) is 1.53. The molecule has 0 fully saturated rings. The molecule has 4 nitrogen and oxygen atoms in total. The summed E-state index contributed by atoms with van der Waals surface area (Å²) in [6, 6.07) is 5.32. The highest BCUT2D eigenvalue weighted by Gasteiger charge is 2.35. The maximum atomic E-state index is 9.91. The van der Waals surface area contributed by atoms with Gasteiger partial charge in [-0.1, -0.05) is 0 Å². The molecule has 89 valence electrons. The van der Waals surface area contributed by atoms with Crippen molar-refractivity contribution >= 4 is 12.9 Å². The first kappa shape index (κ1) is 13.7. The molecule has 0 bridgehead atoms. The highest BCUT2D eigenvalue weighted by Crippen LogP contribution is 2.24. The van der Waals surface area contributed by atoms with Crippen molar-refractivity contribution in [3.8, 4) is 6.07 Å². The molecule has 0 aromatic carbocycles. The normalized spacial score (nSPS) is 12.0. The molecule has 0 amide bonds. The van der Waals surface area contributed by atoms with E-state index in [4.69, 9.17) is 9.92 Å². The van der Waals surface area contributed by atoms with E-state index in [1.54, 1.807) is 46.0 Å². The molecule has 1 aromatic heterocycles. The Kier molecular flexibility index (Phi) is 3.92. The van der Waals surface area contributed by atoms with Crippen molar-refractivity contribution in [1.29, 1.82) is 5.26 Å². The summed E-state index contributed by atoms with van der Waals surface area (Å²) in [6.07, 6.45) is 1.55. The van der Waals surface area contributed by atoms with Crippen LogP contribution in [0.15, 0.2) is 18.3 Å². The van der Waals surface area contributed by atoms with E-state index in [0.29, 0.717) is 5.69 Å². The van der Waals surface area contributed by atoms with Gasteiger partial charge in [0.15, 0.2) is 0 Å². The minimum Gasteiger partial charge on any atom is -0.427 e. The van der Waals surface area contributed by atoms with Crippen LogP contribution in [0.25, 0.3) is 0 Å². The zero-order valence-electron chi connectivity index (χ0n) is 10.6. The fraction of sp³-hybridized carbons (Fsp3) is 0.500. The van der Waals surface area contributed by atoms with Crippen molar-refractivity contribution in [2.45, 2.75) is 38.9 Å². The van der Waals surface area contributed by atoms with Gasteiger partial charge in [-0.2, -0.15) is 5.26 Å². The van der Waals surface area contributed by atoms with Crippen molar-refractivity contribution < 1.29 is 9.76 Å². The predicted molar refractivity (Wildman–Crippen MR) is 65.8 cm³/mol. The van der Waals surface area contributed by atoms with Gasteiger partial charge in [0.25, 0.3) is 0 Å². The van der Waals surface area contributed by atoms with Gasteiger partial charge in [0.05, 0.1) is 11.2 Å². The SMILES string of the molecule is CC(C)(O)C(C)(C)O[B]c1ccnc(C#N)c1. The van der Waals surface area contributed by atoms with Gasteiger partial charge < -0.3 is 9.76 Å². The average Bonchev–Trinajstić information content (AvgIpc) is 2.25. The molecule has 0 spiro atoms. The van der Waals surface area contributed by atoms with E-state index >= 15 is 0 Å². The Balaban J connectivity index is 2.71. The van der Waals surface area contributed by atoms with Gasteiger partial charge >= 0.3 is 7.48 Å². The first-order valence-electron chi connectivity index (χ1n) is 5.36. The Hall–Kier alpha value is -1.38. The molecule has 1 radical (unpaired) electrons. The minimum atomic E-state index is -0.964. The third kappa shape index (κ3) is 3.55. The van der Waals surface area contributed by atoms with Gasteiger partial charge in [0.1, 0.15) is 11.8 Å². The summed E-state index contributed by atoms with van der Waals surface area (Å²) in [5.41, 5.74) is -0.602. The van der Waals surface area contributed by atoms with Crippen LogP contribution in [-0.2, 0) is 4.65 Å². The fourth-order valence-electron chi connectivity index (χ4n) is 0.941. The summed E-state index contributed by atoms with van der Waals surface area (Å²) in [6.45, 7) is 6.98. The van der Waals surface area contributed by atoms with E-state index in [9.17, 15) is 5.11 Å². The lowest BCUT2D eigenvalue weighted by atomic mass is 9.83. The Morgan fingerprint density at radius 3 is 2.59 bits per heavy atom. The molecule has 5 heteroatoms. The lowest BCUT2D eigenvalue weighted by molar-refractivity contribution is -0.0893. The van der Waals surface area contributed by atoms with Crippen LogP contribution >= 0.6 is 0 Å². The molecule has 1 N–H and O–H groups in total. The third-order valence-electron chi connectivity index (χ3n) is 2.86. The second-order valence-electron chi connectivity index (χ2n) is 4.89. The standard InChI is InChI=1S/C12H16BN2O2/c1-11(2,16)12(3,4)17-13-9-5-6-15-10(7-9)8-14/h5-7,16H,1-4H3. The van der Waals surface area contributed by atoms with Gasteiger partial charge in [-0.15, -0.1) is 0 Å². The molecule has 0 saturated heterocycles. The molecule has 0 atom stereocenters. The van der Waals surface area contributed by atoms with Crippen LogP contribution in [-0.4, -0.2) is 28.8 Å². The molecule has 0 saturated carbocycles. The lowest BCUT2D eigenvalue weighted by Gasteiger charge is -2.37. The van der Waals surface area contributed by atoms with Crippen LogP contribution in [0.3, 0.4) is 0 Å². The maximum absolute atomic E-state index is 9.91. The van der Waals surface area contributed by atoms with Crippen LogP contribution < -0.4 is 5.46 Å². The number of hydrogen-bond donors (Lipinski definition) is 1. The molecule has 1 aromatic rings. The molecule has 0 aliphatic rings. The zero-order valence-corrected chi connectivity index (χ0v) is 10.6. The summed E-state index contributed by atoms with van der Waals surface area (Å²) in [4.78, 5) is 3.87. The monoisotopic (exact) mass is 231 g/mol. The topological polar surface area (TPSA) is 66.1 Å². The van der Waals surface area contributed by atoms with Crippen molar-refractivity contribution in [2.24, 2.45) is 0 Å². The first-order chi connectivity index (χ1) is 7.76. The quantitative estimate of drug-likeness (QED) is 0.777. The molecular formula is C12H16BN2O2. The number of aliphatic hydroxyl groups is 1. The number of aromatic nitrogens is 1. The Labute approximate surface area is 103 Å². The van der Waals surface area contributed by atoms with Crippen LogP contribution in [0, 0.1) is 11.3 Å². The van der Waals surface area contributed by atoms with Crippen molar-refractivity contribution in [3.05, 3.63) is 24.0 Å². The number of nitrogens with zero attached hydrogens (tertiary/aromatic N) is 2. The number of pyridine rings is 1. The first-order valence-corrected chi connectivity index (χ1v) is 5.36. The minimum absolute atomic E-state index is 0.336. The molecule has 0 aliphatic heterocycles. The van der Waals surface area contributed by atoms with Crippen molar-refractivity contribution in [1.82, 2.24) is 4.98 Å². The van der Waals surface area contributed by atoms with E-state index in [0.717, 1.165) is 5.46 Å². The summed E-state index contributed by atoms with van der Waals surface area (Å²) < 4.78 is 5.57. The van der Waals surface area contributed by atoms with Crippen molar-refractivity contribution in [2.75, 3.05) is 0 Å². The van der Waals surface area contributed by atoms with E-state index in [1.807, 2.05) is 6.07 Å². The van der Waals surface area contributed by atoms with Crippen LogP contribution in [0.1, 0.15) is 33.4 Å². The molecule has 1 rings (SSSR count). The third-order valence-corrected chi connectivity index (χ3v) is 2.86. The number of nitriles is 1. The fourth-order valence-corrected chi connectivity index (χ4v) is 0.941. The summed E-state index contributed by atoms with van der Waals surface area (Å²) in [5.74, 6) is 0. The van der Waals surface area contributed by atoms with Gasteiger partial charge in [0, 0.05) is 6.20 Å². The van der Waals surface area contributed by atoms with Gasteiger partial charge in [-0.05, 0) is 45.3 Å². The number of rotatable bonds is 4. The Morgan fingerprint density at radius 1 is 1.41 bits per heavy atom.